The molecule has 1 N–H and O–H groups in total. The summed E-state index contributed by atoms with van der Waals surface area (Å²) in [5.41, 5.74) is 1.17. The van der Waals surface area contributed by atoms with Crippen LogP contribution in [0.5, 0.6) is 0 Å². The normalized spacial score (nSPS) is 15.3. The summed E-state index contributed by atoms with van der Waals surface area (Å²) < 4.78 is 28.6. The zero-order valence-corrected chi connectivity index (χ0v) is 23.3. The predicted octanol–water partition coefficient (Wildman–Crippen LogP) is 4.21. The minimum atomic E-state index is -3.97. The molecule has 3 rings (SSSR count). The van der Waals surface area contributed by atoms with E-state index in [1.54, 1.807) is 54.6 Å². The summed E-state index contributed by atoms with van der Waals surface area (Å²) in [5, 5.41) is 3.71. The molecular weight excluding hydrogens is 512 g/mol. The zero-order chi connectivity index (χ0) is 27.0. The third kappa shape index (κ3) is 7.69. The Bertz CT molecular complexity index is 1140. The second kappa shape index (κ2) is 13.3. The molecule has 1 fully saturated rings. The van der Waals surface area contributed by atoms with Crippen molar-refractivity contribution in [2.24, 2.45) is 0 Å². The number of carbonyl (C=O) groups excluding carboxylic acids is 2. The third-order valence-corrected chi connectivity index (χ3v) is 8.74. The van der Waals surface area contributed by atoms with E-state index < -0.39 is 28.7 Å². The van der Waals surface area contributed by atoms with Crippen LogP contribution in [0, 0.1) is 0 Å². The van der Waals surface area contributed by atoms with E-state index in [0.717, 1.165) is 39.9 Å². The molecule has 2 aromatic rings. The molecule has 1 unspecified atom stereocenters. The Morgan fingerprint density at radius 1 is 1.00 bits per heavy atom. The fourth-order valence-electron chi connectivity index (χ4n) is 4.56. The molecule has 2 aromatic carbocycles. The fourth-order valence-corrected chi connectivity index (χ4v) is 5.74. The van der Waals surface area contributed by atoms with Crippen molar-refractivity contribution in [2.45, 2.75) is 64.1 Å². The molecule has 0 saturated heterocycles. The van der Waals surface area contributed by atoms with Gasteiger partial charge in [-0.2, -0.15) is 12.7 Å². The van der Waals surface area contributed by atoms with Gasteiger partial charge in [-0.25, -0.2) is 4.31 Å². The van der Waals surface area contributed by atoms with E-state index in [1.807, 2.05) is 6.92 Å². The number of carbonyl (C=O) groups is 2. The number of halogens is 1. The summed E-state index contributed by atoms with van der Waals surface area (Å²) >= 11 is 6.05. The van der Waals surface area contributed by atoms with E-state index in [4.69, 9.17) is 11.6 Å². The van der Waals surface area contributed by atoms with Crippen LogP contribution in [0.4, 0.5) is 5.69 Å². The molecule has 1 aliphatic carbocycles. The van der Waals surface area contributed by atoms with Crippen molar-refractivity contribution in [3.05, 3.63) is 65.2 Å². The van der Waals surface area contributed by atoms with Crippen molar-refractivity contribution in [3.8, 4) is 0 Å². The molecule has 0 bridgehead atoms. The van der Waals surface area contributed by atoms with Crippen LogP contribution in [0.15, 0.2) is 54.6 Å². The van der Waals surface area contributed by atoms with Gasteiger partial charge in [-0.3, -0.25) is 9.59 Å². The standard InChI is InChI=1S/C27H37ClN4O4S/c1-4-25(27(34)29-23-11-7-5-8-12-23)31(19-21-15-17-22(28)18-16-21)26(33)20-32(37(35,36)30(2)3)24-13-9-6-10-14-24/h6,9-10,13-18,23,25H,4-5,7-8,11-12,19-20H2,1-3H3,(H,29,34). The van der Waals surface area contributed by atoms with Gasteiger partial charge in [0.1, 0.15) is 12.6 Å². The number of amides is 2. The summed E-state index contributed by atoms with van der Waals surface area (Å²) in [6.45, 7) is 1.57. The molecule has 8 nitrogen and oxygen atoms in total. The Hall–Kier alpha value is -2.62. The summed E-state index contributed by atoms with van der Waals surface area (Å²) in [6, 6.07) is 14.9. The van der Waals surface area contributed by atoms with Gasteiger partial charge < -0.3 is 10.2 Å². The van der Waals surface area contributed by atoms with Gasteiger partial charge in [0, 0.05) is 31.7 Å². The second-order valence-corrected chi connectivity index (χ2v) is 12.1. The average molecular weight is 549 g/mol. The Morgan fingerprint density at radius 2 is 1.62 bits per heavy atom. The number of para-hydroxylation sites is 1. The highest BCUT2D eigenvalue weighted by atomic mass is 35.5. The van der Waals surface area contributed by atoms with E-state index in [9.17, 15) is 18.0 Å². The van der Waals surface area contributed by atoms with Crippen LogP contribution in [-0.4, -0.2) is 62.2 Å². The maximum Gasteiger partial charge on any atom is 0.304 e. The van der Waals surface area contributed by atoms with Gasteiger partial charge in [0.25, 0.3) is 0 Å². The number of benzene rings is 2. The van der Waals surface area contributed by atoms with Crippen molar-refractivity contribution < 1.29 is 18.0 Å². The topological polar surface area (TPSA) is 90.0 Å². The molecule has 10 heteroatoms. The van der Waals surface area contributed by atoms with Crippen LogP contribution >= 0.6 is 11.6 Å². The number of nitrogens with zero attached hydrogens (tertiary/aromatic N) is 3. The first kappa shape index (κ1) is 28.9. The number of anilines is 1. The van der Waals surface area contributed by atoms with E-state index in [1.165, 1.54) is 25.4 Å². The molecule has 1 saturated carbocycles. The molecule has 2 amide bonds. The van der Waals surface area contributed by atoms with E-state index >= 15 is 0 Å². The molecule has 1 atom stereocenters. The van der Waals surface area contributed by atoms with Crippen LogP contribution in [-0.2, 0) is 26.3 Å². The number of nitrogens with one attached hydrogen (secondary N) is 1. The highest BCUT2D eigenvalue weighted by Gasteiger charge is 2.34. The van der Waals surface area contributed by atoms with Gasteiger partial charge in [0.05, 0.1) is 5.69 Å². The third-order valence-electron chi connectivity index (χ3n) is 6.67. The highest BCUT2D eigenvalue weighted by Crippen LogP contribution is 2.22. The number of rotatable bonds is 11. The average Bonchev–Trinajstić information content (AvgIpc) is 2.89. The SMILES string of the molecule is CCC(C(=O)NC1CCCCC1)N(Cc1ccc(Cl)cc1)C(=O)CN(c1ccccc1)S(=O)(=O)N(C)C. The molecule has 37 heavy (non-hydrogen) atoms. The summed E-state index contributed by atoms with van der Waals surface area (Å²) in [6.07, 6.45) is 5.56. The van der Waals surface area contributed by atoms with Crippen molar-refractivity contribution in [1.29, 1.82) is 0 Å². The molecule has 0 aromatic heterocycles. The van der Waals surface area contributed by atoms with Gasteiger partial charge in [0.2, 0.25) is 11.8 Å². The van der Waals surface area contributed by atoms with Crippen molar-refractivity contribution >= 4 is 39.3 Å². The predicted molar refractivity (Wildman–Crippen MR) is 147 cm³/mol. The molecule has 1 aliphatic rings. The molecular formula is C27H37ClN4O4S. The lowest BCUT2D eigenvalue weighted by Gasteiger charge is -2.35. The van der Waals surface area contributed by atoms with Crippen LogP contribution in [0.1, 0.15) is 51.0 Å². The first-order valence-corrected chi connectivity index (χ1v) is 14.5. The highest BCUT2D eigenvalue weighted by molar-refractivity contribution is 7.90. The first-order valence-electron chi connectivity index (χ1n) is 12.7. The Labute approximate surface area is 225 Å². The number of hydrogen-bond donors (Lipinski definition) is 1. The molecule has 0 heterocycles. The maximum absolute atomic E-state index is 13.9. The minimum Gasteiger partial charge on any atom is -0.352 e. The maximum atomic E-state index is 13.9. The van der Waals surface area contributed by atoms with E-state index in [2.05, 4.69) is 5.32 Å². The van der Waals surface area contributed by atoms with Crippen molar-refractivity contribution in [3.63, 3.8) is 0 Å². The fraction of sp³-hybridized carbons (Fsp3) is 0.481. The monoisotopic (exact) mass is 548 g/mol. The second-order valence-electron chi connectivity index (χ2n) is 9.55. The zero-order valence-electron chi connectivity index (χ0n) is 21.8. The molecule has 202 valence electrons. The van der Waals surface area contributed by atoms with Gasteiger partial charge in [-0.1, -0.05) is 68.1 Å². The first-order chi connectivity index (χ1) is 17.6. The lowest BCUT2D eigenvalue weighted by molar-refractivity contribution is -0.140. The van der Waals surface area contributed by atoms with E-state index in [0.29, 0.717) is 17.1 Å². The van der Waals surface area contributed by atoms with Gasteiger partial charge in [-0.05, 0) is 49.1 Å². The largest absolute Gasteiger partial charge is 0.352 e. The molecule has 0 radical (unpaired) electrons. The number of hydrogen-bond acceptors (Lipinski definition) is 4. The van der Waals surface area contributed by atoms with E-state index in [-0.39, 0.29) is 18.5 Å². The quantitative estimate of drug-likeness (QED) is 0.455. The lowest BCUT2D eigenvalue weighted by atomic mass is 9.95. The molecule has 0 aliphatic heterocycles. The summed E-state index contributed by atoms with van der Waals surface area (Å²) in [4.78, 5) is 28.8. The lowest BCUT2D eigenvalue weighted by Crippen LogP contribution is -2.54. The Kier molecular flexibility index (Phi) is 10.4. The van der Waals surface area contributed by atoms with Crippen LogP contribution < -0.4 is 9.62 Å². The summed E-state index contributed by atoms with van der Waals surface area (Å²) in [5.74, 6) is -0.673. The summed E-state index contributed by atoms with van der Waals surface area (Å²) in [7, 11) is -1.12. The van der Waals surface area contributed by atoms with Crippen LogP contribution in [0.25, 0.3) is 0 Å². The Balaban J connectivity index is 1.93. The van der Waals surface area contributed by atoms with Gasteiger partial charge in [-0.15, -0.1) is 0 Å². The molecule has 0 spiro atoms. The van der Waals surface area contributed by atoms with Crippen molar-refractivity contribution in [1.82, 2.24) is 14.5 Å². The van der Waals surface area contributed by atoms with Crippen LogP contribution in [0.2, 0.25) is 5.02 Å². The minimum absolute atomic E-state index is 0.0951. The smallest absolute Gasteiger partial charge is 0.304 e. The van der Waals surface area contributed by atoms with Gasteiger partial charge >= 0.3 is 10.2 Å². The van der Waals surface area contributed by atoms with Crippen molar-refractivity contribution in [2.75, 3.05) is 24.9 Å². The Morgan fingerprint density at radius 3 is 2.19 bits per heavy atom. The van der Waals surface area contributed by atoms with Gasteiger partial charge in [0.15, 0.2) is 0 Å². The van der Waals surface area contributed by atoms with Crippen LogP contribution in [0.3, 0.4) is 0 Å².